The Morgan fingerprint density at radius 3 is 2.77 bits per heavy atom. The average Bonchev–Trinajstić information content (AvgIpc) is 3.43. The van der Waals surface area contributed by atoms with Crippen molar-refractivity contribution in [3.8, 4) is 23.1 Å². The zero-order valence-corrected chi connectivity index (χ0v) is 18.5. The molecule has 152 valence electrons. The minimum absolute atomic E-state index is 0.146. The van der Waals surface area contributed by atoms with E-state index < -0.39 is 0 Å². The number of hydrogen-bond donors (Lipinski definition) is 1. The minimum Gasteiger partial charge on any atom is -0.359 e. The number of carbonyl (C=O) groups is 1. The van der Waals surface area contributed by atoms with Crippen molar-refractivity contribution >= 4 is 21.8 Å². The molecule has 0 bridgehead atoms. The van der Waals surface area contributed by atoms with Crippen molar-refractivity contribution in [1.82, 2.24) is 10.5 Å². The van der Waals surface area contributed by atoms with E-state index in [1.807, 2.05) is 55.5 Å². The first-order valence-electron chi connectivity index (χ1n) is 10.2. The number of hydrogen-bond acceptors (Lipinski definition) is 3. The standard InChI is InChI=1S/C25H23BrN2O2/c1-17-14-20(13-12-19(17)11-10-18-6-2-3-7-18)25(29)27-16-21-15-24(28-30-21)22-8-4-5-9-23(22)26/h4-5,8-9,12-15,18H,2-3,6-7,16H2,1H3,(H,27,29). The van der Waals surface area contributed by atoms with E-state index in [1.54, 1.807) is 0 Å². The molecule has 0 atom stereocenters. The van der Waals surface area contributed by atoms with Crippen LogP contribution in [0.5, 0.6) is 0 Å². The summed E-state index contributed by atoms with van der Waals surface area (Å²) in [5, 5.41) is 7.00. The lowest BCUT2D eigenvalue weighted by Crippen LogP contribution is -2.22. The van der Waals surface area contributed by atoms with Crippen LogP contribution in [-0.4, -0.2) is 11.1 Å². The maximum absolute atomic E-state index is 12.6. The van der Waals surface area contributed by atoms with Crippen LogP contribution in [0.2, 0.25) is 0 Å². The molecule has 0 radical (unpaired) electrons. The molecule has 3 aromatic rings. The molecule has 1 aliphatic rings. The van der Waals surface area contributed by atoms with Crippen molar-refractivity contribution in [1.29, 1.82) is 0 Å². The molecule has 0 unspecified atom stereocenters. The number of nitrogens with zero attached hydrogens (tertiary/aromatic N) is 1. The van der Waals surface area contributed by atoms with Gasteiger partial charge in [-0.25, -0.2) is 0 Å². The van der Waals surface area contributed by atoms with Gasteiger partial charge in [-0.05, 0) is 49.6 Å². The molecular formula is C25H23BrN2O2. The molecule has 0 saturated heterocycles. The van der Waals surface area contributed by atoms with Gasteiger partial charge in [-0.1, -0.05) is 64.0 Å². The van der Waals surface area contributed by atoms with Crippen molar-refractivity contribution in [2.75, 3.05) is 0 Å². The Hall–Kier alpha value is -2.84. The number of carbonyl (C=O) groups excluding carboxylic acids is 1. The average molecular weight is 463 g/mol. The maximum Gasteiger partial charge on any atom is 0.251 e. The van der Waals surface area contributed by atoms with Crippen molar-refractivity contribution in [3.63, 3.8) is 0 Å². The highest BCUT2D eigenvalue weighted by molar-refractivity contribution is 9.10. The first-order chi connectivity index (χ1) is 14.6. The highest BCUT2D eigenvalue weighted by atomic mass is 79.9. The van der Waals surface area contributed by atoms with Gasteiger partial charge >= 0.3 is 0 Å². The smallest absolute Gasteiger partial charge is 0.251 e. The third kappa shape index (κ3) is 4.83. The number of aromatic nitrogens is 1. The quantitative estimate of drug-likeness (QED) is 0.492. The molecule has 1 heterocycles. The summed E-state index contributed by atoms with van der Waals surface area (Å²) in [5.41, 5.74) is 4.30. The number of rotatable bonds is 4. The second-order valence-electron chi connectivity index (χ2n) is 7.62. The van der Waals surface area contributed by atoms with Gasteiger partial charge in [-0.3, -0.25) is 4.79 Å². The molecule has 5 heteroatoms. The Kier molecular flexibility index (Phi) is 6.35. The fourth-order valence-electron chi connectivity index (χ4n) is 3.66. The van der Waals surface area contributed by atoms with E-state index in [-0.39, 0.29) is 12.5 Å². The van der Waals surface area contributed by atoms with Crippen molar-refractivity contribution < 1.29 is 9.32 Å². The van der Waals surface area contributed by atoms with Gasteiger partial charge in [0, 0.05) is 33.1 Å². The summed E-state index contributed by atoms with van der Waals surface area (Å²) >= 11 is 3.52. The number of amides is 1. The first-order valence-corrected chi connectivity index (χ1v) is 11.0. The minimum atomic E-state index is -0.146. The van der Waals surface area contributed by atoms with Crippen molar-refractivity contribution in [3.05, 3.63) is 75.5 Å². The summed E-state index contributed by atoms with van der Waals surface area (Å²) in [6, 6.07) is 15.3. The lowest BCUT2D eigenvalue weighted by molar-refractivity contribution is 0.0947. The fraction of sp³-hybridized carbons (Fsp3) is 0.280. The van der Waals surface area contributed by atoms with E-state index in [0.717, 1.165) is 26.9 Å². The Morgan fingerprint density at radius 2 is 2.00 bits per heavy atom. The lowest BCUT2D eigenvalue weighted by atomic mass is 10.0. The van der Waals surface area contributed by atoms with Gasteiger partial charge in [-0.2, -0.15) is 0 Å². The van der Waals surface area contributed by atoms with Gasteiger partial charge in [0.25, 0.3) is 5.91 Å². The molecule has 1 aromatic heterocycles. The third-order valence-electron chi connectivity index (χ3n) is 5.39. The predicted octanol–water partition coefficient (Wildman–Crippen LogP) is 5.88. The molecule has 30 heavy (non-hydrogen) atoms. The third-order valence-corrected chi connectivity index (χ3v) is 6.08. The molecule has 2 aromatic carbocycles. The van der Waals surface area contributed by atoms with Crippen LogP contribution in [0.1, 0.15) is 52.9 Å². The monoisotopic (exact) mass is 462 g/mol. The van der Waals surface area contributed by atoms with Crippen LogP contribution in [0.3, 0.4) is 0 Å². The molecule has 0 aliphatic heterocycles. The van der Waals surface area contributed by atoms with Crippen molar-refractivity contribution in [2.24, 2.45) is 5.92 Å². The SMILES string of the molecule is Cc1cc(C(=O)NCc2cc(-c3ccccc3Br)no2)ccc1C#CC1CCCC1. The maximum atomic E-state index is 12.6. The number of halogens is 1. The molecule has 1 amide bonds. The highest BCUT2D eigenvalue weighted by Crippen LogP contribution is 2.27. The van der Waals surface area contributed by atoms with E-state index in [0.29, 0.717) is 17.2 Å². The number of benzene rings is 2. The molecule has 0 spiro atoms. The molecular weight excluding hydrogens is 440 g/mol. The van der Waals surface area contributed by atoms with Crippen LogP contribution in [-0.2, 0) is 6.54 Å². The van der Waals surface area contributed by atoms with Crippen LogP contribution in [0, 0.1) is 24.7 Å². The lowest BCUT2D eigenvalue weighted by Gasteiger charge is -2.05. The van der Waals surface area contributed by atoms with Gasteiger partial charge < -0.3 is 9.84 Å². The summed E-state index contributed by atoms with van der Waals surface area (Å²) in [4.78, 5) is 12.6. The highest BCUT2D eigenvalue weighted by Gasteiger charge is 2.13. The van der Waals surface area contributed by atoms with Gasteiger partial charge in [0.05, 0.1) is 6.54 Å². The summed E-state index contributed by atoms with van der Waals surface area (Å²) < 4.78 is 6.32. The number of aryl methyl sites for hydroxylation is 1. The molecule has 1 saturated carbocycles. The van der Waals surface area contributed by atoms with E-state index >= 15 is 0 Å². The van der Waals surface area contributed by atoms with Crippen LogP contribution in [0.15, 0.2) is 57.5 Å². The molecule has 4 nitrogen and oxygen atoms in total. The first kappa shape index (κ1) is 20.4. The largest absolute Gasteiger partial charge is 0.359 e. The van der Waals surface area contributed by atoms with Gasteiger partial charge in [0.2, 0.25) is 0 Å². The van der Waals surface area contributed by atoms with Gasteiger partial charge in [0.1, 0.15) is 5.69 Å². The normalized spacial score (nSPS) is 13.7. The van der Waals surface area contributed by atoms with E-state index in [9.17, 15) is 4.79 Å². The van der Waals surface area contributed by atoms with Gasteiger partial charge in [0.15, 0.2) is 5.76 Å². The molecule has 1 aliphatic carbocycles. The van der Waals surface area contributed by atoms with Gasteiger partial charge in [-0.15, -0.1) is 0 Å². The topological polar surface area (TPSA) is 55.1 Å². The zero-order chi connectivity index (χ0) is 20.9. The summed E-state index contributed by atoms with van der Waals surface area (Å²) in [6.07, 6.45) is 4.98. The number of nitrogens with one attached hydrogen (secondary N) is 1. The van der Waals surface area contributed by atoms with E-state index in [4.69, 9.17) is 4.52 Å². The Morgan fingerprint density at radius 1 is 1.20 bits per heavy atom. The second kappa shape index (κ2) is 9.32. The Labute approximate surface area is 185 Å². The van der Waals surface area contributed by atoms with E-state index in [1.165, 1.54) is 25.7 Å². The Bertz CT molecular complexity index is 1120. The summed E-state index contributed by atoms with van der Waals surface area (Å²) in [5.74, 6) is 7.65. The van der Waals surface area contributed by atoms with E-state index in [2.05, 4.69) is 38.2 Å². The molecule has 1 N–H and O–H groups in total. The second-order valence-corrected chi connectivity index (χ2v) is 8.48. The van der Waals surface area contributed by atoms with Crippen LogP contribution in [0.4, 0.5) is 0 Å². The van der Waals surface area contributed by atoms with Crippen LogP contribution in [0.25, 0.3) is 11.3 Å². The molecule has 4 rings (SSSR count). The molecule has 1 fully saturated rings. The predicted molar refractivity (Wildman–Crippen MR) is 121 cm³/mol. The van der Waals surface area contributed by atoms with Crippen LogP contribution < -0.4 is 5.32 Å². The fourth-order valence-corrected chi connectivity index (χ4v) is 4.14. The zero-order valence-electron chi connectivity index (χ0n) is 16.9. The Balaban J connectivity index is 1.38. The van der Waals surface area contributed by atoms with Crippen molar-refractivity contribution in [2.45, 2.75) is 39.2 Å². The van der Waals surface area contributed by atoms with Crippen LogP contribution >= 0.6 is 15.9 Å². The summed E-state index contributed by atoms with van der Waals surface area (Å²) in [7, 11) is 0. The summed E-state index contributed by atoms with van der Waals surface area (Å²) in [6.45, 7) is 2.27.